The van der Waals surface area contributed by atoms with Gasteiger partial charge in [0.1, 0.15) is 18.4 Å². The van der Waals surface area contributed by atoms with Gasteiger partial charge in [0.2, 0.25) is 17.7 Å². The predicted molar refractivity (Wildman–Crippen MR) is 135 cm³/mol. The molecule has 2 aromatic rings. The van der Waals surface area contributed by atoms with E-state index in [0.717, 1.165) is 15.8 Å². The van der Waals surface area contributed by atoms with Gasteiger partial charge in [0.15, 0.2) is 0 Å². The van der Waals surface area contributed by atoms with Crippen LogP contribution in [-0.2, 0) is 35.2 Å². The number of rotatable bonds is 8. The van der Waals surface area contributed by atoms with Gasteiger partial charge in [0.05, 0.1) is 18.9 Å². The molecule has 4 rings (SSSR count). The molecule has 3 atom stereocenters. The molecule has 0 bridgehead atoms. The Bertz CT molecular complexity index is 1300. The molecule has 2 heterocycles. The van der Waals surface area contributed by atoms with Crippen molar-refractivity contribution in [1.29, 1.82) is 0 Å². The molecular weight excluding hydrogens is 494 g/mol. The van der Waals surface area contributed by atoms with Gasteiger partial charge in [-0.1, -0.05) is 24.3 Å². The number of fused-ring (bicyclic) bond motifs is 2. The van der Waals surface area contributed by atoms with Crippen molar-refractivity contribution in [2.75, 3.05) is 12.3 Å². The fraction of sp³-hybridized carbons (Fsp3) is 0.385. The largest absolute Gasteiger partial charge is 0.481 e. The maximum absolute atomic E-state index is 13.6. The van der Waals surface area contributed by atoms with E-state index in [-0.39, 0.29) is 38.1 Å². The van der Waals surface area contributed by atoms with Gasteiger partial charge in [-0.25, -0.2) is 5.01 Å². The van der Waals surface area contributed by atoms with Gasteiger partial charge in [0, 0.05) is 18.7 Å². The van der Waals surface area contributed by atoms with E-state index in [1.807, 2.05) is 24.3 Å². The number of hydrogen-bond donors (Lipinski definition) is 4. The number of nitrogens with zero attached hydrogens (tertiary/aromatic N) is 2. The first-order chi connectivity index (χ1) is 18.2. The predicted octanol–water partition coefficient (Wildman–Crippen LogP) is 0.136. The van der Waals surface area contributed by atoms with Gasteiger partial charge in [-0.2, -0.15) is 0 Å². The molecule has 4 amide bonds. The fourth-order valence-electron chi connectivity index (χ4n) is 4.99. The summed E-state index contributed by atoms with van der Waals surface area (Å²) in [4.78, 5) is 74.7. The van der Waals surface area contributed by atoms with Gasteiger partial charge in [-0.3, -0.25) is 29.0 Å². The summed E-state index contributed by atoms with van der Waals surface area (Å²) in [6, 6.07) is 7.51. The molecule has 5 N–H and O–H groups in total. The van der Waals surface area contributed by atoms with Crippen LogP contribution in [0.4, 0.5) is 5.69 Å². The molecule has 0 spiro atoms. The molecule has 0 aliphatic carbocycles. The normalized spacial score (nSPS) is 20.3. The molecule has 2 aliphatic rings. The number of carbonyl (C=O) groups excluding carboxylic acids is 5. The van der Waals surface area contributed by atoms with Gasteiger partial charge in [-0.15, -0.1) is 0 Å². The Labute approximate surface area is 218 Å². The molecule has 2 aliphatic heterocycles. The lowest BCUT2D eigenvalue weighted by molar-refractivity contribution is -0.176. The first kappa shape index (κ1) is 26.6. The molecule has 2 fully saturated rings. The molecule has 2 saturated heterocycles. The summed E-state index contributed by atoms with van der Waals surface area (Å²) in [6.45, 7) is 0.219. The number of carbonyl (C=O) groups is 6. The third kappa shape index (κ3) is 5.74. The zero-order valence-corrected chi connectivity index (χ0v) is 20.6. The Kier molecular flexibility index (Phi) is 7.89. The molecule has 200 valence electrons. The molecule has 0 saturated carbocycles. The van der Waals surface area contributed by atoms with Crippen LogP contribution in [0.3, 0.4) is 0 Å². The first-order valence-electron chi connectivity index (χ1n) is 12.3. The highest BCUT2D eigenvalue weighted by molar-refractivity contribution is 5.97. The third-order valence-electron chi connectivity index (χ3n) is 6.71. The number of nitrogens with two attached hydrogens (primary N) is 1. The number of anilines is 1. The number of nitrogen functional groups attached to an aromatic ring is 1. The second-order valence-electron chi connectivity index (χ2n) is 9.44. The highest BCUT2D eigenvalue weighted by atomic mass is 16.4. The number of aldehydes is 1. The number of amides is 4. The lowest BCUT2D eigenvalue weighted by atomic mass is 10.0. The van der Waals surface area contributed by atoms with Gasteiger partial charge in [0.25, 0.3) is 5.91 Å². The van der Waals surface area contributed by atoms with Crippen LogP contribution in [0.5, 0.6) is 0 Å². The highest BCUT2D eigenvalue weighted by Crippen LogP contribution is 2.26. The average molecular weight is 524 g/mol. The standard InChI is InChI=1S/C26H29N5O7/c27-17-10-15-4-1-2-5-19(15)16(11-17)12-22(33)29-20-7-8-23(34)30-9-3-6-21(31(30)26(20)38)25(37)28-18(14-32)13-24(35)36/h1-2,4-5,10-11,14,18,20-21H,3,6-9,12-13,27H2,(H,28,37)(H,29,33)(H,35,36)/t18-,20-,21-/m0/s1. The summed E-state index contributed by atoms with van der Waals surface area (Å²) >= 11 is 0. The van der Waals surface area contributed by atoms with Crippen LogP contribution in [0.2, 0.25) is 0 Å². The topological polar surface area (TPSA) is 179 Å². The lowest BCUT2D eigenvalue weighted by Crippen LogP contribution is -2.64. The van der Waals surface area contributed by atoms with Crippen molar-refractivity contribution >= 4 is 52.3 Å². The zero-order valence-electron chi connectivity index (χ0n) is 20.6. The summed E-state index contributed by atoms with van der Waals surface area (Å²) < 4.78 is 0. The molecule has 38 heavy (non-hydrogen) atoms. The number of hydrogen-bond acceptors (Lipinski definition) is 7. The summed E-state index contributed by atoms with van der Waals surface area (Å²) in [5.41, 5.74) is 7.19. The van der Waals surface area contributed by atoms with Crippen LogP contribution in [-0.4, -0.2) is 75.7 Å². The van der Waals surface area contributed by atoms with Crippen molar-refractivity contribution in [2.45, 2.75) is 56.7 Å². The number of benzene rings is 2. The quantitative estimate of drug-likeness (QED) is 0.279. The minimum absolute atomic E-state index is 0.0152. The Morgan fingerprint density at radius 1 is 1.16 bits per heavy atom. The van der Waals surface area contributed by atoms with Gasteiger partial charge >= 0.3 is 5.97 Å². The first-order valence-corrected chi connectivity index (χ1v) is 12.3. The van der Waals surface area contributed by atoms with E-state index in [9.17, 15) is 28.8 Å². The number of aliphatic carboxylic acids is 1. The second kappa shape index (κ2) is 11.3. The highest BCUT2D eigenvalue weighted by Gasteiger charge is 2.44. The Hall–Kier alpha value is -4.48. The van der Waals surface area contributed by atoms with Crippen molar-refractivity contribution in [3.63, 3.8) is 0 Å². The van der Waals surface area contributed by atoms with Crippen LogP contribution in [0.15, 0.2) is 36.4 Å². The fourth-order valence-corrected chi connectivity index (χ4v) is 4.99. The SMILES string of the molecule is Nc1cc(CC(=O)N[C@H]2CCC(=O)N3CCC[C@@H](C(=O)N[C@H](C=O)CC(=O)O)N3C2=O)c2ccccc2c1. The van der Waals surface area contributed by atoms with Crippen molar-refractivity contribution in [2.24, 2.45) is 0 Å². The van der Waals surface area contributed by atoms with E-state index >= 15 is 0 Å². The summed E-state index contributed by atoms with van der Waals surface area (Å²) in [5.74, 6) is -3.45. The van der Waals surface area contributed by atoms with Crippen molar-refractivity contribution in [3.05, 3.63) is 42.0 Å². The molecular formula is C26H29N5O7. The van der Waals surface area contributed by atoms with E-state index in [1.54, 1.807) is 12.1 Å². The van der Waals surface area contributed by atoms with Crippen LogP contribution in [0, 0.1) is 0 Å². The number of carboxylic acid groups (broad SMARTS) is 1. The Morgan fingerprint density at radius 3 is 2.66 bits per heavy atom. The Morgan fingerprint density at radius 2 is 1.92 bits per heavy atom. The summed E-state index contributed by atoms with van der Waals surface area (Å²) in [6.07, 6.45) is 0.318. The summed E-state index contributed by atoms with van der Waals surface area (Å²) in [7, 11) is 0. The number of hydrazine groups is 1. The van der Waals surface area contributed by atoms with Crippen molar-refractivity contribution in [1.82, 2.24) is 20.7 Å². The molecule has 0 radical (unpaired) electrons. The van der Waals surface area contributed by atoms with Crippen molar-refractivity contribution in [3.8, 4) is 0 Å². The molecule has 12 nitrogen and oxygen atoms in total. The molecule has 12 heteroatoms. The van der Waals surface area contributed by atoms with Crippen LogP contribution in [0.1, 0.15) is 37.7 Å². The van der Waals surface area contributed by atoms with E-state index in [2.05, 4.69) is 10.6 Å². The van der Waals surface area contributed by atoms with Crippen molar-refractivity contribution < 1.29 is 33.9 Å². The molecule has 2 aromatic carbocycles. The number of carboxylic acids is 1. The third-order valence-corrected chi connectivity index (χ3v) is 6.71. The van der Waals surface area contributed by atoms with E-state index in [0.29, 0.717) is 24.0 Å². The minimum atomic E-state index is -1.28. The average Bonchev–Trinajstić information content (AvgIpc) is 3.00. The van der Waals surface area contributed by atoms with Crippen LogP contribution < -0.4 is 16.4 Å². The van der Waals surface area contributed by atoms with E-state index in [4.69, 9.17) is 10.8 Å². The summed E-state index contributed by atoms with van der Waals surface area (Å²) in [5, 5.41) is 18.0. The van der Waals surface area contributed by atoms with Gasteiger partial charge < -0.3 is 26.3 Å². The monoisotopic (exact) mass is 523 g/mol. The van der Waals surface area contributed by atoms with Crippen LogP contribution in [0.25, 0.3) is 10.8 Å². The lowest BCUT2D eigenvalue weighted by Gasteiger charge is -2.43. The minimum Gasteiger partial charge on any atom is -0.481 e. The van der Waals surface area contributed by atoms with E-state index < -0.39 is 48.2 Å². The maximum Gasteiger partial charge on any atom is 0.305 e. The second-order valence-corrected chi connectivity index (χ2v) is 9.44. The molecule has 0 unspecified atom stereocenters. The number of nitrogens with one attached hydrogen (secondary N) is 2. The Balaban J connectivity index is 1.52. The van der Waals surface area contributed by atoms with Gasteiger partial charge in [-0.05, 0) is 47.7 Å². The van der Waals surface area contributed by atoms with Crippen LogP contribution >= 0.6 is 0 Å². The maximum atomic E-state index is 13.6. The van der Waals surface area contributed by atoms with E-state index in [1.165, 1.54) is 5.01 Å². The zero-order chi connectivity index (χ0) is 27.4. The smallest absolute Gasteiger partial charge is 0.305 e. The molecule has 0 aromatic heterocycles.